The minimum atomic E-state index is 0.0151. The molecule has 0 radical (unpaired) electrons. The maximum Gasteiger partial charge on any atom is 0.193 e. The number of nitrogens with zero attached hydrogens (tertiary/aromatic N) is 2. The number of nitrogens with one attached hydrogen (secondary N) is 1. The van der Waals surface area contributed by atoms with Crippen LogP contribution in [0.25, 0.3) is 0 Å². The second-order valence-electron chi connectivity index (χ2n) is 4.90. The second-order valence-corrected chi connectivity index (χ2v) is 5.29. The Morgan fingerprint density at radius 2 is 2.05 bits per heavy atom. The van der Waals surface area contributed by atoms with E-state index in [9.17, 15) is 0 Å². The van der Waals surface area contributed by atoms with Crippen molar-refractivity contribution in [3.05, 3.63) is 23.3 Å². The number of hydrogen-bond donors (Lipinski definition) is 2. The smallest absolute Gasteiger partial charge is 0.193 e. The summed E-state index contributed by atoms with van der Waals surface area (Å²) in [5, 5.41) is 0.0151. The Morgan fingerprint density at radius 1 is 1.42 bits per heavy atom. The van der Waals surface area contributed by atoms with Crippen molar-refractivity contribution in [2.24, 2.45) is 10.7 Å². The number of anilines is 1. The maximum atomic E-state index is 5.67. The third kappa shape index (κ3) is 3.18. The minimum absolute atomic E-state index is 0.0151. The van der Waals surface area contributed by atoms with Crippen LogP contribution in [0, 0.1) is 0 Å². The first kappa shape index (κ1) is 14.1. The van der Waals surface area contributed by atoms with E-state index in [2.05, 4.69) is 35.5 Å². The highest BCUT2D eigenvalue weighted by atomic mass is 35.5. The van der Waals surface area contributed by atoms with Gasteiger partial charge in [0.05, 0.1) is 18.5 Å². The van der Waals surface area contributed by atoms with Crippen molar-refractivity contribution in [1.82, 2.24) is 4.90 Å². The van der Waals surface area contributed by atoms with E-state index in [-0.39, 0.29) is 5.29 Å². The molecule has 0 saturated carbocycles. The number of nitrogens with two attached hydrogens (primary N) is 1. The summed E-state index contributed by atoms with van der Waals surface area (Å²) in [6.45, 7) is 0. The molecule has 0 amide bonds. The first-order valence-electron chi connectivity index (χ1n) is 6.12. The van der Waals surface area contributed by atoms with Crippen LogP contribution in [-0.4, -0.2) is 37.4 Å². The van der Waals surface area contributed by atoms with Gasteiger partial charge in [-0.15, -0.1) is 0 Å². The van der Waals surface area contributed by atoms with Crippen molar-refractivity contribution in [3.8, 4) is 0 Å². The van der Waals surface area contributed by atoms with Gasteiger partial charge in [0.15, 0.2) is 5.29 Å². The van der Waals surface area contributed by atoms with Gasteiger partial charge in [0.25, 0.3) is 0 Å². The van der Waals surface area contributed by atoms with E-state index in [1.165, 1.54) is 11.1 Å². The molecule has 1 aliphatic carbocycles. The van der Waals surface area contributed by atoms with Crippen molar-refractivity contribution in [2.45, 2.75) is 18.9 Å². The largest absolute Gasteiger partial charge is 0.374 e. The fourth-order valence-corrected chi connectivity index (χ4v) is 2.49. The SMILES string of the molecule is CONc1cc2c(cc1N=C(N)Cl)CC(N(C)C)C2. The summed E-state index contributed by atoms with van der Waals surface area (Å²) in [7, 11) is 5.76. The summed E-state index contributed by atoms with van der Waals surface area (Å²) in [5.74, 6) is 0. The zero-order valence-electron chi connectivity index (χ0n) is 11.4. The summed E-state index contributed by atoms with van der Waals surface area (Å²) in [5.41, 5.74) is 12.4. The molecule has 0 spiro atoms. The second kappa shape index (κ2) is 5.77. The molecule has 1 unspecified atom stereocenters. The molecule has 0 saturated heterocycles. The molecular formula is C13H19ClN4O. The van der Waals surface area contributed by atoms with Gasteiger partial charge >= 0.3 is 0 Å². The standard InChI is InChI=1S/C13H19ClN4O/c1-18(2)10-4-8-6-11(16-13(14)15)12(17-19-3)7-9(8)5-10/h6-7,10,17H,4-5H2,1-3H3,(H2,15,16). The van der Waals surface area contributed by atoms with E-state index in [4.69, 9.17) is 22.2 Å². The predicted molar refractivity (Wildman–Crippen MR) is 79.1 cm³/mol. The summed E-state index contributed by atoms with van der Waals surface area (Å²) >= 11 is 5.67. The molecule has 0 bridgehead atoms. The molecule has 19 heavy (non-hydrogen) atoms. The lowest BCUT2D eigenvalue weighted by Gasteiger charge is -2.17. The highest BCUT2D eigenvalue weighted by Crippen LogP contribution is 2.34. The van der Waals surface area contributed by atoms with Crippen LogP contribution >= 0.6 is 11.6 Å². The quantitative estimate of drug-likeness (QED) is 0.383. The molecule has 104 valence electrons. The average molecular weight is 283 g/mol. The molecule has 0 heterocycles. The van der Waals surface area contributed by atoms with Crippen molar-refractivity contribution < 1.29 is 4.84 Å². The Hall–Kier alpha value is -1.30. The Bertz CT molecular complexity index is 498. The van der Waals surface area contributed by atoms with E-state index in [0.29, 0.717) is 11.7 Å². The van der Waals surface area contributed by atoms with Crippen LogP contribution < -0.4 is 11.2 Å². The number of hydrogen-bond acceptors (Lipinski definition) is 4. The molecule has 0 aliphatic heterocycles. The number of fused-ring (bicyclic) bond motifs is 1. The van der Waals surface area contributed by atoms with E-state index in [0.717, 1.165) is 18.5 Å². The van der Waals surface area contributed by atoms with Gasteiger partial charge < -0.3 is 10.6 Å². The van der Waals surface area contributed by atoms with Crippen molar-refractivity contribution in [3.63, 3.8) is 0 Å². The Morgan fingerprint density at radius 3 is 2.58 bits per heavy atom. The van der Waals surface area contributed by atoms with Gasteiger partial charge in [-0.2, -0.15) is 0 Å². The van der Waals surface area contributed by atoms with Gasteiger partial charge in [0.1, 0.15) is 0 Å². The first-order chi connectivity index (χ1) is 9.01. The van der Waals surface area contributed by atoms with Crippen LogP contribution in [-0.2, 0) is 17.7 Å². The van der Waals surface area contributed by atoms with Crippen LogP contribution in [0.15, 0.2) is 17.1 Å². The molecule has 0 aromatic heterocycles. The van der Waals surface area contributed by atoms with Gasteiger partial charge in [-0.3, -0.25) is 10.3 Å². The molecule has 1 aromatic rings. The molecule has 3 N–H and O–H groups in total. The molecule has 1 aliphatic rings. The molecule has 6 heteroatoms. The number of amidine groups is 1. The molecule has 5 nitrogen and oxygen atoms in total. The lowest BCUT2D eigenvalue weighted by Crippen LogP contribution is -2.27. The molecular weight excluding hydrogens is 264 g/mol. The van der Waals surface area contributed by atoms with Gasteiger partial charge in [0.2, 0.25) is 0 Å². The van der Waals surface area contributed by atoms with Crippen molar-refractivity contribution in [1.29, 1.82) is 0 Å². The summed E-state index contributed by atoms with van der Waals surface area (Å²) in [4.78, 5) is 11.3. The number of benzene rings is 1. The first-order valence-corrected chi connectivity index (χ1v) is 6.50. The lowest BCUT2D eigenvalue weighted by atomic mass is 10.1. The number of likely N-dealkylation sites (N-methyl/N-ethyl adjacent to an activating group) is 1. The fraction of sp³-hybridized carbons (Fsp3) is 0.462. The minimum Gasteiger partial charge on any atom is -0.374 e. The lowest BCUT2D eigenvalue weighted by molar-refractivity contribution is 0.271. The molecule has 0 fully saturated rings. The van der Waals surface area contributed by atoms with Gasteiger partial charge in [-0.1, -0.05) is 0 Å². The van der Waals surface area contributed by atoms with Gasteiger partial charge in [0, 0.05) is 6.04 Å². The van der Waals surface area contributed by atoms with Crippen molar-refractivity contribution >= 4 is 28.3 Å². The normalized spacial score (nSPS) is 18.8. The Kier molecular flexibility index (Phi) is 4.29. The fourth-order valence-electron chi connectivity index (χ4n) is 2.40. The van der Waals surface area contributed by atoms with E-state index < -0.39 is 0 Å². The van der Waals surface area contributed by atoms with Crippen LogP contribution in [0.3, 0.4) is 0 Å². The number of aliphatic imine (C=N–C) groups is 1. The zero-order chi connectivity index (χ0) is 14.0. The van der Waals surface area contributed by atoms with Crippen LogP contribution in [0.2, 0.25) is 0 Å². The topological polar surface area (TPSA) is 62.9 Å². The monoisotopic (exact) mass is 282 g/mol. The van der Waals surface area contributed by atoms with Gasteiger partial charge in [-0.05, 0) is 61.8 Å². The average Bonchev–Trinajstić information content (AvgIpc) is 2.72. The number of rotatable bonds is 4. The van der Waals surface area contributed by atoms with Crippen LogP contribution in [0.5, 0.6) is 0 Å². The highest BCUT2D eigenvalue weighted by molar-refractivity contribution is 6.64. The predicted octanol–water partition coefficient (Wildman–Crippen LogP) is 1.87. The van der Waals surface area contributed by atoms with Crippen LogP contribution in [0.4, 0.5) is 11.4 Å². The van der Waals surface area contributed by atoms with Crippen LogP contribution in [0.1, 0.15) is 11.1 Å². The Labute approximate surface area is 118 Å². The summed E-state index contributed by atoms with van der Waals surface area (Å²) < 4.78 is 0. The molecule has 2 rings (SSSR count). The third-order valence-corrected chi connectivity index (χ3v) is 3.48. The summed E-state index contributed by atoms with van der Waals surface area (Å²) in [6, 6.07) is 4.61. The molecule has 1 atom stereocenters. The maximum absolute atomic E-state index is 5.67. The van der Waals surface area contributed by atoms with E-state index in [1.54, 1.807) is 7.11 Å². The third-order valence-electron chi connectivity index (χ3n) is 3.40. The molecule has 1 aromatic carbocycles. The van der Waals surface area contributed by atoms with Crippen molar-refractivity contribution in [2.75, 3.05) is 26.7 Å². The highest BCUT2D eigenvalue weighted by Gasteiger charge is 2.24. The van der Waals surface area contributed by atoms with E-state index in [1.807, 2.05) is 6.07 Å². The van der Waals surface area contributed by atoms with Gasteiger partial charge in [-0.25, -0.2) is 4.99 Å². The summed E-state index contributed by atoms with van der Waals surface area (Å²) in [6.07, 6.45) is 2.04. The number of halogens is 1. The van der Waals surface area contributed by atoms with E-state index >= 15 is 0 Å². The zero-order valence-corrected chi connectivity index (χ0v) is 12.2. The Balaban J connectivity index is 2.37.